The lowest BCUT2D eigenvalue weighted by Gasteiger charge is -2.11. The smallest absolute Gasteiger partial charge is 0.196 e. The van der Waals surface area contributed by atoms with Crippen LogP contribution in [0.25, 0.3) is 17.1 Å². The third-order valence-electron chi connectivity index (χ3n) is 4.21. The first-order valence-corrected chi connectivity index (χ1v) is 10.0. The van der Waals surface area contributed by atoms with Crippen LogP contribution in [0.15, 0.2) is 84.0 Å². The van der Waals surface area contributed by atoms with E-state index in [2.05, 4.69) is 58.1 Å². The van der Waals surface area contributed by atoms with Crippen molar-refractivity contribution in [2.45, 2.75) is 17.8 Å². The van der Waals surface area contributed by atoms with Gasteiger partial charge in [-0.15, -0.1) is 10.2 Å². The van der Waals surface area contributed by atoms with Crippen LogP contribution in [0.3, 0.4) is 0 Å². The Hall–Kier alpha value is -2.56. The van der Waals surface area contributed by atoms with Gasteiger partial charge in [0.25, 0.3) is 0 Å². The number of rotatable bonds is 5. The fourth-order valence-corrected chi connectivity index (χ4v) is 3.90. The molecule has 0 saturated carbocycles. The van der Waals surface area contributed by atoms with Gasteiger partial charge < -0.3 is 0 Å². The molecule has 1 aromatic heterocycles. The van der Waals surface area contributed by atoms with E-state index in [1.807, 2.05) is 42.5 Å². The SMILES string of the molecule is Cc1cccc(-n2c(SCc3ccc(Cl)cc3)nnc2-c2ccccc2)c1. The van der Waals surface area contributed by atoms with E-state index in [-0.39, 0.29) is 0 Å². The molecule has 4 aromatic rings. The molecule has 0 fully saturated rings. The van der Waals surface area contributed by atoms with Crippen molar-refractivity contribution in [2.24, 2.45) is 0 Å². The summed E-state index contributed by atoms with van der Waals surface area (Å²) in [7, 11) is 0. The van der Waals surface area contributed by atoms with Gasteiger partial charge in [-0.05, 0) is 42.3 Å². The monoisotopic (exact) mass is 391 g/mol. The summed E-state index contributed by atoms with van der Waals surface area (Å²) in [5, 5.41) is 10.6. The van der Waals surface area contributed by atoms with E-state index in [9.17, 15) is 0 Å². The second-order valence-electron chi connectivity index (χ2n) is 6.26. The molecule has 4 rings (SSSR count). The van der Waals surface area contributed by atoms with Gasteiger partial charge in [-0.1, -0.05) is 78.0 Å². The Bertz CT molecular complexity index is 1040. The molecule has 0 radical (unpaired) electrons. The molecule has 0 atom stereocenters. The summed E-state index contributed by atoms with van der Waals surface area (Å²) in [6.45, 7) is 2.09. The summed E-state index contributed by atoms with van der Waals surface area (Å²) in [6.07, 6.45) is 0. The van der Waals surface area contributed by atoms with Gasteiger partial charge in [-0.3, -0.25) is 4.57 Å². The molecule has 3 nitrogen and oxygen atoms in total. The molecular weight excluding hydrogens is 374 g/mol. The van der Waals surface area contributed by atoms with Crippen molar-refractivity contribution in [3.63, 3.8) is 0 Å². The molecule has 27 heavy (non-hydrogen) atoms. The maximum absolute atomic E-state index is 5.99. The van der Waals surface area contributed by atoms with Crippen molar-refractivity contribution in [2.75, 3.05) is 0 Å². The molecule has 0 bridgehead atoms. The molecule has 0 amide bonds. The summed E-state index contributed by atoms with van der Waals surface area (Å²) in [4.78, 5) is 0. The zero-order chi connectivity index (χ0) is 18.6. The summed E-state index contributed by atoms with van der Waals surface area (Å²) >= 11 is 7.66. The Balaban J connectivity index is 1.73. The van der Waals surface area contributed by atoms with Crippen molar-refractivity contribution >= 4 is 23.4 Å². The molecule has 1 heterocycles. The first-order chi connectivity index (χ1) is 13.2. The van der Waals surface area contributed by atoms with Crippen LogP contribution in [0.4, 0.5) is 0 Å². The Morgan fingerprint density at radius 2 is 1.67 bits per heavy atom. The Morgan fingerprint density at radius 3 is 2.41 bits per heavy atom. The first-order valence-electron chi connectivity index (χ1n) is 8.66. The van der Waals surface area contributed by atoms with Crippen molar-refractivity contribution in [3.05, 3.63) is 95.0 Å². The number of hydrogen-bond acceptors (Lipinski definition) is 3. The molecule has 0 aliphatic rings. The van der Waals surface area contributed by atoms with Gasteiger partial charge in [0.2, 0.25) is 0 Å². The highest BCUT2D eigenvalue weighted by Crippen LogP contribution is 2.30. The number of hydrogen-bond donors (Lipinski definition) is 0. The highest BCUT2D eigenvalue weighted by molar-refractivity contribution is 7.98. The molecule has 134 valence electrons. The minimum atomic E-state index is 0.748. The molecule has 0 saturated heterocycles. The minimum absolute atomic E-state index is 0.748. The number of benzene rings is 3. The lowest BCUT2D eigenvalue weighted by atomic mass is 10.2. The van der Waals surface area contributed by atoms with E-state index < -0.39 is 0 Å². The third kappa shape index (κ3) is 4.07. The summed E-state index contributed by atoms with van der Waals surface area (Å²) in [6, 6.07) is 26.5. The van der Waals surface area contributed by atoms with Gasteiger partial charge in [0.15, 0.2) is 11.0 Å². The average molecular weight is 392 g/mol. The minimum Gasteiger partial charge on any atom is -0.270 e. The Kier molecular flexibility index (Phi) is 5.28. The van der Waals surface area contributed by atoms with Gasteiger partial charge in [-0.25, -0.2) is 0 Å². The number of aryl methyl sites for hydroxylation is 1. The quantitative estimate of drug-likeness (QED) is 0.380. The topological polar surface area (TPSA) is 30.7 Å². The van der Waals surface area contributed by atoms with Crippen LogP contribution in [0.2, 0.25) is 5.02 Å². The van der Waals surface area contributed by atoms with Crippen molar-refractivity contribution in [1.82, 2.24) is 14.8 Å². The molecule has 0 aliphatic heterocycles. The first kappa shape index (κ1) is 17.8. The van der Waals surface area contributed by atoms with E-state index >= 15 is 0 Å². The zero-order valence-corrected chi connectivity index (χ0v) is 16.4. The molecule has 5 heteroatoms. The molecular formula is C22H18ClN3S. The second-order valence-corrected chi connectivity index (χ2v) is 7.64. The molecule has 0 N–H and O–H groups in total. The van der Waals surface area contributed by atoms with Crippen LogP contribution in [0, 0.1) is 6.92 Å². The predicted molar refractivity (Wildman–Crippen MR) is 113 cm³/mol. The fraction of sp³-hybridized carbons (Fsp3) is 0.0909. The predicted octanol–water partition coefficient (Wildman–Crippen LogP) is 6.19. The van der Waals surface area contributed by atoms with Crippen LogP contribution in [0.1, 0.15) is 11.1 Å². The van der Waals surface area contributed by atoms with Gasteiger partial charge in [0.1, 0.15) is 0 Å². The van der Waals surface area contributed by atoms with Crippen molar-refractivity contribution in [3.8, 4) is 17.1 Å². The summed E-state index contributed by atoms with van der Waals surface area (Å²) in [5.41, 5.74) is 4.51. The van der Waals surface area contributed by atoms with E-state index in [1.54, 1.807) is 11.8 Å². The summed E-state index contributed by atoms with van der Waals surface area (Å²) < 4.78 is 2.13. The van der Waals surface area contributed by atoms with E-state index in [0.717, 1.165) is 33.0 Å². The highest BCUT2D eigenvalue weighted by atomic mass is 35.5. The largest absolute Gasteiger partial charge is 0.270 e. The zero-order valence-electron chi connectivity index (χ0n) is 14.8. The van der Waals surface area contributed by atoms with E-state index in [0.29, 0.717) is 0 Å². The maximum Gasteiger partial charge on any atom is 0.196 e. The van der Waals surface area contributed by atoms with Gasteiger partial charge in [0, 0.05) is 22.0 Å². The Labute approximate surface area is 168 Å². The highest BCUT2D eigenvalue weighted by Gasteiger charge is 2.16. The molecule has 0 spiro atoms. The maximum atomic E-state index is 5.99. The second kappa shape index (κ2) is 7.99. The van der Waals surface area contributed by atoms with Crippen LogP contribution >= 0.6 is 23.4 Å². The Morgan fingerprint density at radius 1 is 0.889 bits per heavy atom. The van der Waals surface area contributed by atoms with Crippen LogP contribution < -0.4 is 0 Å². The number of aromatic nitrogens is 3. The third-order valence-corrected chi connectivity index (χ3v) is 5.46. The van der Waals surface area contributed by atoms with Crippen LogP contribution in [-0.2, 0) is 5.75 Å². The molecule has 0 unspecified atom stereocenters. The van der Waals surface area contributed by atoms with Crippen molar-refractivity contribution < 1.29 is 0 Å². The number of thioether (sulfide) groups is 1. The van der Waals surface area contributed by atoms with Crippen LogP contribution in [0.5, 0.6) is 0 Å². The lowest BCUT2D eigenvalue weighted by Crippen LogP contribution is -2.00. The molecule has 0 aliphatic carbocycles. The fourth-order valence-electron chi connectivity index (χ4n) is 2.87. The summed E-state index contributed by atoms with van der Waals surface area (Å²) in [5.74, 6) is 1.65. The van der Waals surface area contributed by atoms with E-state index in [1.165, 1.54) is 11.1 Å². The number of halogens is 1. The van der Waals surface area contributed by atoms with Gasteiger partial charge >= 0.3 is 0 Å². The van der Waals surface area contributed by atoms with Gasteiger partial charge in [0.05, 0.1) is 0 Å². The van der Waals surface area contributed by atoms with Gasteiger partial charge in [-0.2, -0.15) is 0 Å². The number of nitrogens with zero attached hydrogens (tertiary/aromatic N) is 3. The van der Waals surface area contributed by atoms with Crippen molar-refractivity contribution in [1.29, 1.82) is 0 Å². The standard InChI is InChI=1S/C22H18ClN3S/c1-16-6-5-9-20(14-16)26-21(18-7-3-2-4-8-18)24-25-22(26)27-15-17-10-12-19(23)13-11-17/h2-14H,15H2,1H3. The molecule has 3 aromatic carbocycles. The average Bonchev–Trinajstić information content (AvgIpc) is 3.12. The lowest BCUT2D eigenvalue weighted by molar-refractivity contribution is 0.885. The van der Waals surface area contributed by atoms with Crippen LogP contribution in [-0.4, -0.2) is 14.8 Å². The van der Waals surface area contributed by atoms with E-state index in [4.69, 9.17) is 11.6 Å². The normalized spacial score (nSPS) is 10.9.